The van der Waals surface area contributed by atoms with E-state index in [4.69, 9.17) is 4.74 Å². The standard InChI is InChI=1S/C21H20N4O3/c1-14-6-8-15(9-7-14)11-22-19(26)17-12-23-21(24-13-17)25-18-5-3-4-16(10-18)20(27)28-2/h3-10,12-13H,11H2,1-2H3,(H,22,26)(H,23,24,25). The fourth-order valence-corrected chi connectivity index (χ4v) is 2.47. The van der Waals surface area contributed by atoms with Gasteiger partial charge in [0.25, 0.3) is 5.91 Å². The SMILES string of the molecule is COC(=O)c1cccc(Nc2ncc(C(=O)NCc3ccc(C)cc3)cn2)c1. The number of nitrogens with zero attached hydrogens (tertiary/aromatic N) is 2. The van der Waals surface area contributed by atoms with E-state index >= 15 is 0 Å². The molecular weight excluding hydrogens is 356 g/mol. The Hall–Kier alpha value is -3.74. The summed E-state index contributed by atoms with van der Waals surface area (Å²) in [6.07, 6.45) is 2.90. The lowest BCUT2D eigenvalue weighted by Crippen LogP contribution is -2.23. The maximum Gasteiger partial charge on any atom is 0.337 e. The van der Waals surface area contributed by atoms with E-state index in [-0.39, 0.29) is 5.91 Å². The molecule has 142 valence electrons. The second kappa shape index (κ2) is 8.77. The third-order valence-corrected chi connectivity index (χ3v) is 4.03. The summed E-state index contributed by atoms with van der Waals surface area (Å²) in [5.74, 6) is -0.359. The number of hydrogen-bond donors (Lipinski definition) is 2. The minimum absolute atomic E-state index is 0.250. The van der Waals surface area contributed by atoms with Gasteiger partial charge in [0.1, 0.15) is 0 Å². The number of rotatable bonds is 6. The molecule has 0 saturated carbocycles. The van der Waals surface area contributed by atoms with E-state index in [1.54, 1.807) is 24.3 Å². The van der Waals surface area contributed by atoms with Gasteiger partial charge in [-0.1, -0.05) is 35.9 Å². The minimum Gasteiger partial charge on any atom is -0.465 e. The summed E-state index contributed by atoms with van der Waals surface area (Å²) in [5, 5.41) is 5.83. The Kier molecular flexibility index (Phi) is 5.96. The molecular formula is C21H20N4O3. The van der Waals surface area contributed by atoms with Crippen LogP contribution in [0, 0.1) is 6.92 Å². The Morgan fingerprint density at radius 2 is 1.71 bits per heavy atom. The second-order valence-electron chi connectivity index (χ2n) is 6.16. The molecule has 3 rings (SSSR count). The first kappa shape index (κ1) is 19.0. The number of amides is 1. The molecule has 1 heterocycles. The maximum absolute atomic E-state index is 12.2. The summed E-state index contributed by atoms with van der Waals surface area (Å²) < 4.78 is 4.70. The van der Waals surface area contributed by atoms with Gasteiger partial charge in [-0.2, -0.15) is 0 Å². The van der Waals surface area contributed by atoms with Crippen molar-refractivity contribution in [1.82, 2.24) is 15.3 Å². The quantitative estimate of drug-likeness (QED) is 0.642. The van der Waals surface area contributed by atoms with Gasteiger partial charge in [-0.15, -0.1) is 0 Å². The Bertz CT molecular complexity index is 970. The summed E-state index contributed by atoms with van der Waals surface area (Å²) >= 11 is 0. The van der Waals surface area contributed by atoms with Crippen LogP contribution in [0.3, 0.4) is 0 Å². The van der Waals surface area contributed by atoms with E-state index in [1.807, 2.05) is 31.2 Å². The van der Waals surface area contributed by atoms with Crippen LogP contribution in [0.4, 0.5) is 11.6 Å². The average Bonchev–Trinajstić information content (AvgIpc) is 2.73. The number of carbonyl (C=O) groups excluding carboxylic acids is 2. The summed E-state index contributed by atoms with van der Waals surface area (Å²) in [4.78, 5) is 32.2. The molecule has 0 aliphatic heterocycles. The number of ether oxygens (including phenoxy) is 1. The van der Waals surface area contributed by atoms with Gasteiger partial charge in [-0.3, -0.25) is 4.79 Å². The zero-order valence-corrected chi connectivity index (χ0v) is 15.6. The molecule has 7 heteroatoms. The number of hydrogen-bond acceptors (Lipinski definition) is 6. The third kappa shape index (κ3) is 4.91. The second-order valence-corrected chi connectivity index (χ2v) is 6.16. The van der Waals surface area contributed by atoms with E-state index in [1.165, 1.54) is 25.1 Å². The Morgan fingerprint density at radius 1 is 1.00 bits per heavy atom. The van der Waals surface area contributed by atoms with Crippen molar-refractivity contribution in [2.24, 2.45) is 0 Å². The molecule has 0 fully saturated rings. The van der Waals surface area contributed by atoms with Crippen LogP contribution in [0.2, 0.25) is 0 Å². The van der Waals surface area contributed by atoms with Crippen LogP contribution in [0.25, 0.3) is 0 Å². The smallest absolute Gasteiger partial charge is 0.337 e. The number of methoxy groups -OCH3 is 1. The molecule has 0 spiro atoms. The molecule has 1 aromatic heterocycles. The molecule has 3 aromatic rings. The third-order valence-electron chi connectivity index (χ3n) is 4.03. The van der Waals surface area contributed by atoms with Gasteiger partial charge in [0.2, 0.25) is 5.95 Å². The highest BCUT2D eigenvalue weighted by Gasteiger charge is 2.09. The van der Waals surface area contributed by atoms with Gasteiger partial charge in [0.15, 0.2) is 0 Å². The number of benzene rings is 2. The number of anilines is 2. The van der Waals surface area contributed by atoms with E-state index in [0.717, 1.165) is 5.56 Å². The zero-order valence-electron chi connectivity index (χ0n) is 15.6. The van der Waals surface area contributed by atoms with Gasteiger partial charge in [-0.25, -0.2) is 14.8 Å². The molecule has 0 atom stereocenters. The number of nitrogens with one attached hydrogen (secondary N) is 2. The largest absolute Gasteiger partial charge is 0.465 e. The lowest BCUT2D eigenvalue weighted by molar-refractivity contribution is 0.0600. The molecule has 0 aliphatic carbocycles. The summed E-state index contributed by atoms with van der Waals surface area (Å²) in [6.45, 7) is 2.44. The van der Waals surface area contributed by atoms with Crippen molar-refractivity contribution < 1.29 is 14.3 Å². The maximum atomic E-state index is 12.2. The molecule has 2 N–H and O–H groups in total. The number of carbonyl (C=O) groups is 2. The van der Waals surface area contributed by atoms with Crippen molar-refractivity contribution in [3.63, 3.8) is 0 Å². The van der Waals surface area contributed by atoms with Crippen molar-refractivity contribution in [3.8, 4) is 0 Å². The fourth-order valence-electron chi connectivity index (χ4n) is 2.47. The van der Waals surface area contributed by atoms with E-state index in [2.05, 4.69) is 20.6 Å². The Balaban J connectivity index is 1.60. The highest BCUT2D eigenvalue weighted by molar-refractivity contribution is 5.93. The lowest BCUT2D eigenvalue weighted by atomic mass is 10.1. The van der Waals surface area contributed by atoms with Crippen molar-refractivity contribution in [2.45, 2.75) is 13.5 Å². The normalized spacial score (nSPS) is 10.2. The highest BCUT2D eigenvalue weighted by atomic mass is 16.5. The Labute approximate surface area is 162 Å². The summed E-state index contributed by atoms with van der Waals surface area (Å²) in [5.41, 5.74) is 3.60. The monoisotopic (exact) mass is 376 g/mol. The number of aryl methyl sites for hydroxylation is 1. The zero-order chi connectivity index (χ0) is 19.9. The first-order valence-corrected chi connectivity index (χ1v) is 8.66. The number of esters is 1. The van der Waals surface area contributed by atoms with Crippen LogP contribution >= 0.6 is 0 Å². The molecule has 2 aromatic carbocycles. The summed E-state index contributed by atoms with van der Waals surface area (Å²) in [6, 6.07) is 14.7. The summed E-state index contributed by atoms with van der Waals surface area (Å²) in [7, 11) is 1.33. The fraction of sp³-hybridized carbons (Fsp3) is 0.143. The number of aromatic nitrogens is 2. The van der Waals surface area contributed by atoms with Gasteiger partial charge in [0.05, 0.1) is 18.2 Å². The lowest BCUT2D eigenvalue weighted by Gasteiger charge is -2.08. The average molecular weight is 376 g/mol. The molecule has 0 aliphatic rings. The highest BCUT2D eigenvalue weighted by Crippen LogP contribution is 2.15. The van der Waals surface area contributed by atoms with Crippen LogP contribution in [0.5, 0.6) is 0 Å². The minimum atomic E-state index is -0.426. The van der Waals surface area contributed by atoms with Gasteiger partial charge < -0.3 is 15.4 Å². The van der Waals surface area contributed by atoms with Crippen LogP contribution in [-0.4, -0.2) is 29.0 Å². The molecule has 28 heavy (non-hydrogen) atoms. The molecule has 0 unspecified atom stereocenters. The van der Waals surface area contributed by atoms with Crippen molar-refractivity contribution in [2.75, 3.05) is 12.4 Å². The molecule has 0 radical (unpaired) electrons. The first-order valence-electron chi connectivity index (χ1n) is 8.66. The van der Waals surface area contributed by atoms with Gasteiger partial charge in [0, 0.05) is 24.6 Å². The first-order chi connectivity index (χ1) is 13.5. The predicted octanol–water partition coefficient (Wildman–Crippen LogP) is 3.25. The molecule has 0 bridgehead atoms. The van der Waals surface area contributed by atoms with Crippen LogP contribution in [0.1, 0.15) is 31.8 Å². The van der Waals surface area contributed by atoms with Crippen LogP contribution in [0.15, 0.2) is 60.9 Å². The Morgan fingerprint density at radius 3 is 2.39 bits per heavy atom. The predicted molar refractivity (Wildman–Crippen MR) is 105 cm³/mol. The van der Waals surface area contributed by atoms with Crippen molar-refractivity contribution >= 4 is 23.5 Å². The van der Waals surface area contributed by atoms with Crippen LogP contribution in [-0.2, 0) is 11.3 Å². The van der Waals surface area contributed by atoms with Gasteiger partial charge >= 0.3 is 5.97 Å². The van der Waals surface area contributed by atoms with Gasteiger partial charge in [-0.05, 0) is 30.7 Å². The molecule has 0 saturated heterocycles. The van der Waals surface area contributed by atoms with Crippen molar-refractivity contribution in [3.05, 3.63) is 83.2 Å². The van der Waals surface area contributed by atoms with Crippen molar-refractivity contribution in [1.29, 1.82) is 0 Å². The van der Waals surface area contributed by atoms with E-state index in [0.29, 0.717) is 29.3 Å². The molecule has 7 nitrogen and oxygen atoms in total. The molecule has 1 amide bonds. The topological polar surface area (TPSA) is 93.2 Å². The van der Waals surface area contributed by atoms with E-state index in [9.17, 15) is 9.59 Å². The van der Waals surface area contributed by atoms with Crippen LogP contribution < -0.4 is 10.6 Å². The van der Waals surface area contributed by atoms with E-state index < -0.39 is 5.97 Å².